The van der Waals surface area contributed by atoms with Gasteiger partial charge in [-0.15, -0.1) is 0 Å². The highest BCUT2D eigenvalue weighted by molar-refractivity contribution is 7.91. The van der Waals surface area contributed by atoms with Crippen molar-refractivity contribution in [2.24, 2.45) is 13.0 Å². The van der Waals surface area contributed by atoms with Gasteiger partial charge in [0, 0.05) is 36.4 Å². The van der Waals surface area contributed by atoms with E-state index in [1.54, 1.807) is 19.3 Å². The van der Waals surface area contributed by atoms with Crippen molar-refractivity contribution in [1.82, 2.24) is 35.0 Å². The van der Waals surface area contributed by atoms with Gasteiger partial charge in [-0.2, -0.15) is 5.10 Å². The fourth-order valence-electron chi connectivity index (χ4n) is 7.74. The Morgan fingerprint density at radius 3 is 2.48 bits per heavy atom. The number of pyridine rings is 1. The van der Waals surface area contributed by atoms with Crippen molar-refractivity contribution >= 4 is 55.3 Å². The first-order chi connectivity index (χ1) is 26.0. The second-order valence-electron chi connectivity index (χ2n) is 14.9. The van der Waals surface area contributed by atoms with E-state index in [9.17, 15) is 27.6 Å². The number of allylic oxidation sites excluding steroid dienone is 1. The van der Waals surface area contributed by atoms with Crippen LogP contribution < -0.4 is 20.1 Å². The predicted octanol–water partition coefficient (Wildman–Crippen LogP) is 3.27. The van der Waals surface area contributed by atoms with Crippen molar-refractivity contribution in [3.05, 3.63) is 78.6 Å². The summed E-state index contributed by atoms with van der Waals surface area (Å²) in [6.45, 7) is 0.00823. The molecule has 3 N–H and O–H groups in total. The zero-order valence-electron chi connectivity index (χ0n) is 29.9. The third-order valence-corrected chi connectivity index (χ3v) is 12.8. The van der Waals surface area contributed by atoms with Crippen molar-refractivity contribution < 1.29 is 32.3 Å². The molecule has 15 heteroatoms. The van der Waals surface area contributed by atoms with E-state index in [2.05, 4.69) is 20.5 Å². The molecule has 4 amide bonds. The smallest absolute Gasteiger partial charge is 0.272 e. The Morgan fingerprint density at radius 1 is 0.963 bits per heavy atom. The number of sulfonamides is 1. The molecule has 54 heavy (non-hydrogen) atoms. The summed E-state index contributed by atoms with van der Waals surface area (Å²) < 4.78 is 36.0. The van der Waals surface area contributed by atoms with Crippen molar-refractivity contribution in [2.75, 3.05) is 6.54 Å². The number of para-hydroxylation sites is 1. The molecule has 3 fully saturated rings. The average molecular weight is 754 g/mol. The van der Waals surface area contributed by atoms with E-state index in [-0.39, 0.29) is 25.1 Å². The number of rotatable bonds is 7. The molecule has 0 spiro atoms. The summed E-state index contributed by atoms with van der Waals surface area (Å²) in [6.07, 6.45) is 9.29. The number of fused-ring (bicyclic) bond motifs is 5. The van der Waals surface area contributed by atoms with Gasteiger partial charge in [-0.05, 0) is 62.1 Å². The summed E-state index contributed by atoms with van der Waals surface area (Å²) in [7, 11) is -2.19. The van der Waals surface area contributed by atoms with Gasteiger partial charge in [0.15, 0.2) is 0 Å². The molecule has 1 saturated heterocycles. The Bertz CT molecular complexity index is 2290. The van der Waals surface area contributed by atoms with Crippen LogP contribution in [0, 0.1) is 5.92 Å². The molecule has 2 saturated carbocycles. The van der Waals surface area contributed by atoms with Gasteiger partial charge in [-0.1, -0.05) is 61.4 Å². The number of nitrogens with one attached hydrogen (secondary N) is 3. The van der Waals surface area contributed by atoms with Crippen LogP contribution in [0.3, 0.4) is 0 Å². The summed E-state index contributed by atoms with van der Waals surface area (Å²) in [5.74, 6) is -2.42. The summed E-state index contributed by atoms with van der Waals surface area (Å²) >= 11 is 0. The maximum absolute atomic E-state index is 14.6. The van der Waals surface area contributed by atoms with E-state index in [0.717, 1.165) is 34.5 Å². The van der Waals surface area contributed by atoms with Gasteiger partial charge in [0.2, 0.25) is 27.7 Å². The predicted molar refractivity (Wildman–Crippen MR) is 200 cm³/mol. The molecular formula is C39H43N7O7S. The van der Waals surface area contributed by atoms with E-state index in [0.29, 0.717) is 38.0 Å². The van der Waals surface area contributed by atoms with Gasteiger partial charge in [0.1, 0.15) is 29.4 Å². The molecule has 2 aromatic carbocycles. The highest BCUT2D eigenvalue weighted by Crippen LogP contribution is 2.46. The van der Waals surface area contributed by atoms with Crippen LogP contribution in [0.2, 0.25) is 0 Å². The largest absolute Gasteiger partial charge is 0.472 e. The quantitative estimate of drug-likeness (QED) is 0.189. The molecule has 5 atom stereocenters. The molecule has 0 radical (unpaired) electrons. The molecule has 2 aromatic heterocycles. The van der Waals surface area contributed by atoms with Crippen LogP contribution in [0.25, 0.3) is 21.7 Å². The van der Waals surface area contributed by atoms with E-state index < -0.39 is 68.5 Å². The van der Waals surface area contributed by atoms with Crippen LogP contribution in [-0.4, -0.2) is 87.2 Å². The summed E-state index contributed by atoms with van der Waals surface area (Å²) in [4.78, 5) is 62.4. The van der Waals surface area contributed by atoms with Crippen molar-refractivity contribution in [3.8, 4) is 5.88 Å². The number of benzene rings is 2. The molecule has 282 valence electrons. The number of aromatic nitrogens is 3. The standard InChI is InChI=1S/C39H43N7O7S/c1-45-20-19-31(43-45)34(47)40-32-16-6-4-2-3-5-11-24-22-39(24,38(50)44-54(51,52)26-17-18-26)42-35(48)33-21-25(23-46(33)37(32)49)53-36-29-14-8-7-12-27(29)28-13-9-10-15-30(28)41-36/h5,7-15,19-20,24-26,32-33H,2-4,6,16-18,21-23H2,1H3,(H,40,47)(H,42,48)(H,44,50)/t24-,25-,32+,33+,39-/m1/s1. The lowest BCUT2D eigenvalue weighted by atomic mass is 10.0. The second kappa shape index (κ2) is 14.2. The van der Waals surface area contributed by atoms with Crippen LogP contribution in [0.5, 0.6) is 5.88 Å². The Morgan fingerprint density at radius 2 is 1.72 bits per heavy atom. The number of carbonyl (C=O) groups excluding carboxylic acids is 4. The fraction of sp³-hybridized carbons (Fsp3) is 0.436. The number of hydrogen-bond donors (Lipinski definition) is 3. The lowest BCUT2D eigenvalue weighted by Crippen LogP contribution is -2.58. The second-order valence-corrected chi connectivity index (χ2v) is 16.8. The Labute approximate surface area is 312 Å². The molecule has 0 bridgehead atoms. The zero-order valence-corrected chi connectivity index (χ0v) is 30.8. The van der Waals surface area contributed by atoms with E-state index in [1.165, 1.54) is 9.58 Å². The number of carbonyl (C=O) groups is 4. The Kier molecular flexibility index (Phi) is 9.36. The highest BCUT2D eigenvalue weighted by atomic mass is 32.2. The molecule has 8 rings (SSSR count). The molecule has 4 heterocycles. The number of hydrogen-bond acceptors (Lipinski definition) is 9. The normalized spacial score (nSPS) is 26.3. The third-order valence-electron chi connectivity index (χ3n) is 10.9. The van der Waals surface area contributed by atoms with E-state index in [4.69, 9.17) is 9.72 Å². The Hall–Kier alpha value is -5.31. The number of nitrogens with zero attached hydrogens (tertiary/aromatic N) is 4. The third kappa shape index (κ3) is 7.04. The minimum absolute atomic E-state index is 0.00823. The highest BCUT2D eigenvalue weighted by Gasteiger charge is 2.62. The van der Waals surface area contributed by atoms with Crippen molar-refractivity contribution in [1.29, 1.82) is 0 Å². The zero-order chi connectivity index (χ0) is 37.6. The van der Waals surface area contributed by atoms with Gasteiger partial charge >= 0.3 is 0 Å². The first-order valence-electron chi connectivity index (χ1n) is 18.6. The minimum Gasteiger partial charge on any atom is -0.472 e. The van der Waals surface area contributed by atoms with Gasteiger partial charge in [0.25, 0.3) is 11.8 Å². The monoisotopic (exact) mass is 753 g/mol. The van der Waals surface area contributed by atoms with Crippen molar-refractivity contribution in [2.45, 2.75) is 86.8 Å². The number of amides is 4. The molecule has 4 aliphatic rings. The summed E-state index contributed by atoms with van der Waals surface area (Å²) in [5.41, 5.74) is -0.606. The molecule has 2 aliphatic heterocycles. The lowest BCUT2D eigenvalue weighted by molar-refractivity contribution is -0.141. The van der Waals surface area contributed by atoms with E-state index >= 15 is 0 Å². The maximum Gasteiger partial charge on any atom is 0.272 e. The van der Waals surface area contributed by atoms with Crippen LogP contribution in [0.1, 0.15) is 68.3 Å². The molecule has 14 nitrogen and oxygen atoms in total. The van der Waals surface area contributed by atoms with Crippen LogP contribution in [0.4, 0.5) is 0 Å². The SMILES string of the molecule is Cn1ccc(C(=O)N[C@H]2CCCCCC=C[C@@H]3C[C@@]3(C(=O)NS(=O)(=O)C3CC3)NC(=O)[C@@H]3C[C@@H](Oc4nc5ccccc5c5ccccc45)CN3C2=O)n1. The average Bonchev–Trinajstić information content (AvgIpc) is 4.05. The molecule has 4 aromatic rings. The minimum atomic E-state index is -3.89. The number of aryl methyl sites for hydroxylation is 1. The van der Waals surface area contributed by atoms with Gasteiger partial charge in [0.05, 0.1) is 17.3 Å². The van der Waals surface area contributed by atoms with Gasteiger partial charge in [-0.3, -0.25) is 28.6 Å². The van der Waals surface area contributed by atoms with E-state index in [1.807, 2.05) is 60.7 Å². The lowest BCUT2D eigenvalue weighted by Gasteiger charge is -2.29. The maximum atomic E-state index is 14.6. The topological polar surface area (TPSA) is 182 Å². The first-order valence-corrected chi connectivity index (χ1v) is 20.2. The van der Waals surface area contributed by atoms with Gasteiger partial charge in [-0.25, -0.2) is 13.4 Å². The fourth-order valence-corrected chi connectivity index (χ4v) is 9.10. The van der Waals surface area contributed by atoms with Gasteiger partial charge < -0.3 is 20.3 Å². The van der Waals surface area contributed by atoms with Crippen molar-refractivity contribution in [3.63, 3.8) is 0 Å². The first kappa shape index (κ1) is 35.7. The Balaban J connectivity index is 1.12. The molecule has 2 aliphatic carbocycles. The summed E-state index contributed by atoms with van der Waals surface area (Å²) in [6, 6.07) is 15.0. The van der Waals surface area contributed by atoms with Crippen LogP contribution in [-0.2, 0) is 31.5 Å². The number of ether oxygens (including phenoxy) is 1. The van der Waals surface area contributed by atoms with Crippen LogP contribution in [0.15, 0.2) is 72.9 Å². The summed E-state index contributed by atoms with van der Waals surface area (Å²) in [5, 5.41) is 12.0. The molecule has 0 unspecified atom stereocenters. The molecular weight excluding hydrogens is 711 g/mol. The van der Waals surface area contributed by atoms with Crippen LogP contribution >= 0.6 is 0 Å².